The molecule has 4 aromatic rings. The number of carbonyl (C=O) groups excluding carboxylic acids is 1. The number of rotatable bonds is 5. The Morgan fingerprint density at radius 2 is 2.08 bits per heavy atom. The summed E-state index contributed by atoms with van der Waals surface area (Å²) in [7, 11) is 0. The molecule has 0 spiro atoms. The first-order chi connectivity index (χ1) is 12.8. The largest absolute Gasteiger partial charge is 0.346 e. The highest BCUT2D eigenvalue weighted by atomic mass is 32.1. The van der Waals surface area contributed by atoms with Crippen molar-refractivity contribution in [1.29, 1.82) is 0 Å². The Bertz CT molecular complexity index is 1040. The van der Waals surface area contributed by atoms with E-state index in [0.29, 0.717) is 0 Å². The van der Waals surface area contributed by atoms with Crippen molar-refractivity contribution < 1.29 is 4.79 Å². The maximum absolute atomic E-state index is 12.7. The summed E-state index contributed by atoms with van der Waals surface area (Å²) < 4.78 is 0. The number of carbonyl (C=O) groups is 1. The van der Waals surface area contributed by atoms with E-state index in [1.165, 1.54) is 11.3 Å². The number of nitrogens with one attached hydrogen (secondary N) is 2. The van der Waals surface area contributed by atoms with Gasteiger partial charge in [-0.25, -0.2) is 4.98 Å². The van der Waals surface area contributed by atoms with Gasteiger partial charge in [-0.3, -0.25) is 4.79 Å². The van der Waals surface area contributed by atoms with Gasteiger partial charge in [0.15, 0.2) is 0 Å². The second kappa shape index (κ2) is 7.11. The number of nitrogens with zero attached hydrogens (tertiary/aromatic N) is 1. The van der Waals surface area contributed by atoms with Crippen molar-refractivity contribution in [2.75, 3.05) is 11.9 Å². The third-order valence-corrected chi connectivity index (χ3v) is 5.21. The van der Waals surface area contributed by atoms with E-state index in [1.54, 1.807) is 6.20 Å². The standard InChI is InChI=1S/C20H18N4OS/c21-10-16(13-5-2-1-3-6-13)20(25)24-18-9-14(12-26-18)17-11-23-19-15(17)7-4-8-22-19/h1-9,11-12,16H,10,21H2,(H,22,23)(H,24,25). The summed E-state index contributed by atoms with van der Waals surface area (Å²) in [5.41, 5.74) is 9.73. The molecule has 4 rings (SSSR count). The Labute approximate surface area is 154 Å². The summed E-state index contributed by atoms with van der Waals surface area (Å²) in [6.07, 6.45) is 3.70. The Kier molecular flexibility index (Phi) is 4.51. The molecule has 1 atom stereocenters. The second-order valence-electron chi connectivity index (χ2n) is 5.99. The number of nitrogens with two attached hydrogens (primary N) is 1. The monoisotopic (exact) mass is 362 g/mol. The van der Waals surface area contributed by atoms with Crippen molar-refractivity contribution in [1.82, 2.24) is 9.97 Å². The molecule has 130 valence electrons. The maximum Gasteiger partial charge on any atom is 0.233 e. The van der Waals surface area contributed by atoms with Gasteiger partial charge < -0.3 is 16.0 Å². The zero-order chi connectivity index (χ0) is 17.9. The van der Waals surface area contributed by atoms with E-state index in [2.05, 4.69) is 15.3 Å². The molecule has 1 aromatic carbocycles. The third-order valence-electron chi connectivity index (χ3n) is 4.36. The van der Waals surface area contributed by atoms with Crippen LogP contribution < -0.4 is 11.1 Å². The molecule has 0 aliphatic rings. The van der Waals surface area contributed by atoms with Crippen LogP contribution in [0.3, 0.4) is 0 Å². The van der Waals surface area contributed by atoms with Gasteiger partial charge in [-0.2, -0.15) is 0 Å². The third kappa shape index (κ3) is 3.12. The first-order valence-corrected chi connectivity index (χ1v) is 9.21. The van der Waals surface area contributed by atoms with Gasteiger partial charge in [0.05, 0.1) is 10.9 Å². The van der Waals surface area contributed by atoms with Crippen LogP contribution in [-0.2, 0) is 4.79 Å². The molecule has 26 heavy (non-hydrogen) atoms. The van der Waals surface area contributed by atoms with Gasteiger partial charge in [-0.1, -0.05) is 30.3 Å². The lowest BCUT2D eigenvalue weighted by molar-refractivity contribution is -0.117. The summed E-state index contributed by atoms with van der Waals surface area (Å²) in [5, 5.41) is 6.89. The normalized spacial score (nSPS) is 12.2. The molecule has 1 amide bonds. The highest BCUT2D eigenvalue weighted by Crippen LogP contribution is 2.33. The second-order valence-corrected chi connectivity index (χ2v) is 6.90. The Morgan fingerprint density at radius 3 is 2.88 bits per heavy atom. The fraction of sp³-hybridized carbons (Fsp3) is 0.100. The molecule has 6 heteroatoms. The van der Waals surface area contributed by atoms with Crippen LogP contribution in [0.1, 0.15) is 11.5 Å². The molecule has 0 saturated carbocycles. The lowest BCUT2D eigenvalue weighted by atomic mass is 9.98. The van der Waals surface area contributed by atoms with E-state index in [1.807, 2.05) is 60.1 Å². The molecule has 0 aliphatic carbocycles. The van der Waals surface area contributed by atoms with Crippen molar-refractivity contribution in [2.24, 2.45) is 5.73 Å². The predicted octanol–water partition coefficient (Wildman–Crippen LogP) is 3.97. The molecule has 0 radical (unpaired) electrons. The molecule has 0 bridgehead atoms. The molecule has 1 unspecified atom stereocenters. The number of pyridine rings is 1. The van der Waals surface area contributed by atoms with E-state index in [-0.39, 0.29) is 18.4 Å². The number of aromatic nitrogens is 2. The fourth-order valence-corrected chi connectivity index (χ4v) is 3.83. The lowest BCUT2D eigenvalue weighted by Gasteiger charge is -2.14. The molecule has 5 nitrogen and oxygen atoms in total. The van der Waals surface area contributed by atoms with E-state index in [9.17, 15) is 4.79 Å². The van der Waals surface area contributed by atoms with Gasteiger partial charge in [0.1, 0.15) is 5.65 Å². The van der Waals surface area contributed by atoms with Gasteiger partial charge in [-0.05, 0) is 29.3 Å². The minimum Gasteiger partial charge on any atom is -0.346 e. The highest BCUT2D eigenvalue weighted by Gasteiger charge is 2.19. The topological polar surface area (TPSA) is 83.8 Å². The number of amides is 1. The van der Waals surface area contributed by atoms with Crippen molar-refractivity contribution in [3.8, 4) is 11.1 Å². The molecule has 0 fully saturated rings. The smallest absolute Gasteiger partial charge is 0.233 e. The zero-order valence-corrected chi connectivity index (χ0v) is 14.8. The van der Waals surface area contributed by atoms with Crippen molar-refractivity contribution in [2.45, 2.75) is 5.92 Å². The molecule has 4 N–H and O–H groups in total. The van der Waals surface area contributed by atoms with E-state index in [0.717, 1.165) is 32.7 Å². The fourth-order valence-electron chi connectivity index (χ4n) is 3.03. The van der Waals surface area contributed by atoms with Gasteiger partial charge in [0, 0.05) is 35.3 Å². The molecular weight excluding hydrogens is 344 g/mol. The Hall–Kier alpha value is -2.96. The van der Waals surface area contributed by atoms with Crippen LogP contribution in [0.4, 0.5) is 5.00 Å². The summed E-state index contributed by atoms with van der Waals surface area (Å²) in [4.78, 5) is 20.1. The highest BCUT2D eigenvalue weighted by molar-refractivity contribution is 7.14. The van der Waals surface area contributed by atoms with Gasteiger partial charge in [-0.15, -0.1) is 11.3 Å². The minimum absolute atomic E-state index is 0.0901. The average Bonchev–Trinajstić information content (AvgIpc) is 3.30. The quantitative estimate of drug-likeness (QED) is 0.502. The zero-order valence-electron chi connectivity index (χ0n) is 14.0. The van der Waals surface area contributed by atoms with E-state index in [4.69, 9.17) is 5.73 Å². The van der Waals surface area contributed by atoms with Crippen molar-refractivity contribution in [3.63, 3.8) is 0 Å². The predicted molar refractivity (Wildman–Crippen MR) is 106 cm³/mol. The average molecular weight is 362 g/mol. The first-order valence-electron chi connectivity index (χ1n) is 8.33. The van der Waals surface area contributed by atoms with Crippen LogP contribution in [0, 0.1) is 0 Å². The lowest BCUT2D eigenvalue weighted by Crippen LogP contribution is -2.27. The van der Waals surface area contributed by atoms with Crippen molar-refractivity contribution >= 4 is 33.3 Å². The molecule has 3 heterocycles. The Morgan fingerprint density at radius 1 is 1.23 bits per heavy atom. The van der Waals surface area contributed by atoms with Crippen LogP contribution in [-0.4, -0.2) is 22.4 Å². The molecular formula is C20H18N4OS. The molecule has 0 aliphatic heterocycles. The summed E-state index contributed by atoms with van der Waals surface area (Å²) in [6.45, 7) is 0.266. The summed E-state index contributed by atoms with van der Waals surface area (Å²) in [5.74, 6) is -0.452. The van der Waals surface area contributed by atoms with Gasteiger partial charge >= 0.3 is 0 Å². The molecule has 0 saturated heterocycles. The number of anilines is 1. The summed E-state index contributed by atoms with van der Waals surface area (Å²) in [6, 6.07) is 15.5. The number of hydrogen-bond acceptors (Lipinski definition) is 4. The first kappa shape index (κ1) is 16.5. The number of hydrogen-bond donors (Lipinski definition) is 3. The minimum atomic E-state index is -0.362. The number of fused-ring (bicyclic) bond motifs is 1. The van der Waals surface area contributed by atoms with E-state index < -0.39 is 0 Å². The van der Waals surface area contributed by atoms with Crippen LogP contribution in [0.5, 0.6) is 0 Å². The van der Waals surface area contributed by atoms with Crippen LogP contribution in [0.15, 0.2) is 66.3 Å². The maximum atomic E-state index is 12.7. The van der Waals surface area contributed by atoms with Gasteiger partial charge in [0.25, 0.3) is 0 Å². The van der Waals surface area contributed by atoms with E-state index >= 15 is 0 Å². The number of benzene rings is 1. The van der Waals surface area contributed by atoms with Crippen LogP contribution >= 0.6 is 11.3 Å². The number of aromatic amines is 1. The summed E-state index contributed by atoms with van der Waals surface area (Å²) >= 11 is 1.50. The van der Waals surface area contributed by atoms with Crippen molar-refractivity contribution in [3.05, 3.63) is 71.9 Å². The number of thiophene rings is 1. The Balaban J connectivity index is 1.56. The number of H-pyrrole nitrogens is 1. The van der Waals surface area contributed by atoms with Crippen LogP contribution in [0.25, 0.3) is 22.2 Å². The SMILES string of the molecule is NCC(C(=O)Nc1cc(-c2c[nH]c3ncccc23)cs1)c1ccccc1. The van der Waals surface area contributed by atoms with Crippen LogP contribution in [0.2, 0.25) is 0 Å². The molecule has 3 aromatic heterocycles. The van der Waals surface area contributed by atoms with Gasteiger partial charge in [0.2, 0.25) is 5.91 Å².